The van der Waals surface area contributed by atoms with Crippen molar-refractivity contribution in [1.29, 1.82) is 0 Å². The molecule has 6 heteroatoms. The molecule has 1 aromatic heterocycles. The molecule has 0 amide bonds. The third-order valence-electron chi connectivity index (χ3n) is 2.87. The normalized spacial score (nSPS) is 16.4. The third-order valence-corrected chi connectivity index (χ3v) is 4.03. The second-order valence-electron chi connectivity index (χ2n) is 4.21. The van der Waals surface area contributed by atoms with Gasteiger partial charge in [0.1, 0.15) is 5.82 Å². The summed E-state index contributed by atoms with van der Waals surface area (Å²) in [5.41, 5.74) is 0.900. The Kier molecular flexibility index (Phi) is 3.89. The van der Waals surface area contributed by atoms with E-state index in [9.17, 15) is 8.42 Å². The van der Waals surface area contributed by atoms with Gasteiger partial charge in [0.05, 0.1) is 5.75 Å². The van der Waals surface area contributed by atoms with Crippen molar-refractivity contribution in [3.63, 3.8) is 0 Å². The van der Waals surface area contributed by atoms with Gasteiger partial charge in [-0.2, -0.15) is 0 Å². The summed E-state index contributed by atoms with van der Waals surface area (Å²) in [7, 11) is 1.75. The van der Waals surface area contributed by atoms with Crippen LogP contribution in [0.2, 0.25) is 0 Å². The summed E-state index contributed by atoms with van der Waals surface area (Å²) in [6, 6.07) is 3.87. The number of hydrogen-bond donors (Lipinski definition) is 0. The SMILES string of the molecule is O=S(=O)(Cl)CCc1ccc(N2CCCC2)nc1. The second kappa shape index (κ2) is 5.23. The van der Waals surface area contributed by atoms with E-state index in [2.05, 4.69) is 9.88 Å². The van der Waals surface area contributed by atoms with Gasteiger partial charge in [-0.05, 0) is 30.9 Å². The predicted octanol–water partition coefficient (Wildman–Crippen LogP) is 1.79. The fourth-order valence-corrected chi connectivity index (χ4v) is 2.65. The van der Waals surface area contributed by atoms with E-state index in [1.165, 1.54) is 12.8 Å². The summed E-state index contributed by atoms with van der Waals surface area (Å²) < 4.78 is 21.6. The summed E-state index contributed by atoms with van der Waals surface area (Å²) in [5, 5.41) is 0. The molecule has 2 rings (SSSR count). The second-order valence-corrected chi connectivity index (χ2v) is 7.11. The van der Waals surface area contributed by atoms with Crippen LogP contribution in [-0.2, 0) is 15.5 Å². The van der Waals surface area contributed by atoms with Gasteiger partial charge in [-0.3, -0.25) is 0 Å². The molecule has 1 saturated heterocycles. The molecule has 0 unspecified atom stereocenters. The Morgan fingerprint density at radius 1 is 1.29 bits per heavy atom. The summed E-state index contributed by atoms with van der Waals surface area (Å²) in [6.45, 7) is 2.12. The summed E-state index contributed by atoms with van der Waals surface area (Å²) in [6.07, 6.45) is 4.58. The highest BCUT2D eigenvalue weighted by atomic mass is 35.7. The molecule has 0 bridgehead atoms. The molecule has 1 fully saturated rings. The third kappa shape index (κ3) is 3.85. The van der Waals surface area contributed by atoms with Crippen molar-refractivity contribution >= 4 is 25.6 Å². The molecule has 0 aromatic carbocycles. The Morgan fingerprint density at radius 2 is 2.00 bits per heavy atom. The lowest BCUT2D eigenvalue weighted by atomic mass is 10.2. The molecule has 1 aliphatic heterocycles. The first-order chi connectivity index (χ1) is 8.04. The Morgan fingerprint density at radius 3 is 2.53 bits per heavy atom. The van der Waals surface area contributed by atoms with Crippen LogP contribution in [0.5, 0.6) is 0 Å². The first-order valence-corrected chi connectivity index (χ1v) is 8.15. The highest BCUT2D eigenvalue weighted by Crippen LogP contribution is 2.17. The van der Waals surface area contributed by atoms with E-state index in [4.69, 9.17) is 10.7 Å². The largest absolute Gasteiger partial charge is 0.357 e. The maximum atomic E-state index is 10.8. The summed E-state index contributed by atoms with van der Waals surface area (Å²) in [4.78, 5) is 6.59. The number of halogens is 1. The van der Waals surface area contributed by atoms with Crippen LogP contribution >= 0.6 is 10.7 Å². The number of aryl methyl sites for hydroxylation is 1. The minimum absolute atomic E-state index is 0.0424. The first kappa shape index (κ1) is 12.6. The van der Waals surface area contributed by atoms with E-state index in [0.29, 0.717) is 6.42 Å². The van der Waals surface area contributed by atoms with Crippen LogP contribution in [0.15, 0.2) is 18.3 Å². The lowest BCUT2D eigenvalue weighted by Gasteiger charge is -2.16. The molecule has 0 radical (unpaired) electrons. The summed E-state index contributed by atoms with van der Waals surface area (Å²) in [5.74, 6) is 0.930. The molecule has 0 aliphatic carbocycles. The van der Waals surface area contributed by atoms with E-state index < -0.39 is 9.05 Å². The first-order valence-electron chi connectivity index (χ1n) is 5.67. The monoisotopic (exact) mass is 274 g/mol. The molecule has 0 saturated carbocycles. The van der Waals surface area contributed by atoms with Crippen LogP contribution in [0.3, 0.4) is 0 Å². The zero-order valence-corrected chi connectivity index (χ0v) is 11.0. The number of nitrogens with zero attached hydrogens (tertiary/aromatic N) is 2. The molecular weight excluding hydrogens is 260 g/mol. The lowest BCUT2D eigenvalue weighted by Crippen LogP contribution is -2.18. The smallest absolute Gasteiger partial charge is 0.232 e. The lowest BCUT2D eigenvalue weighted by molar-refractivity contribution is 0.609. The van der Waals surface area contributed by atoms with Crippen LogP contribution in [0.25, 0.3) is 0 Å². The van der Waals surface area contributed by atoms with Crippen LogP contribution < -0.4 is 4.90 Å². The Balaban J connectivity index is 1.97. The molecule has 4 nitrogen and oxygen atoms in total. The van der Waals surface area contributed by atoms with Gasteiger partial charge in [-0.25, -0.2) is 13.4 Å². The van der Waals surface area contributed by atoms with Crippen molar-refractivity contribution in [3.8, 4) is 0 Å². The number of pyridine rings is 1. The van der Waals surface area contributed by atoms with Gasteiger partial charge in [-0.15, -0.1) is 0 Å². The number of anilines is 1. The zero-order chi connectivity index (χ0) is 12.3. The van der Waals surface area contributed by atoms with Crippen molar-refractivity contribution in [1.82, 2.24) is 4.98 Å². The standard InChI is InChI=1S/C11H15ClN2O2S/c12-17(15,16)8-5-10-3-4-11(13-9-10)14-6-1-2-7-14/h3-4,9H,1-2,5-8H2. The van der Waals surface area contributed by atoms with Gasteiger partial charge < -0.3 is 4.90 Å². The maximum absolute atomic E-state index is 10.8. The molecule has 0 atom stereocenters. The molecule has 1 aliphatic rings. The van der Waals surface area contributed by atoms with Crippen molar-refractivity contribution in [2.45, 2.75) is 19.3 Å². The van der Waals surface area contributed by atoms with E-state index >= 15 is 0 Å². The molecular formula is C11H15ClN2O2S. The minimum Gasteiger partial charge on any atom is -0.357 e. The average molecular weight is 275 g/mol. The minimum atomic E-state index is -3.41. The quantitative estimate of drug-likeness (QED) is 0.786. The van der Waals surface area contributed by atoms with Gasteiger partial charge in [0, 0.05) is 30.0 Å². The predicted molar refractivity (Wildman–Crippen MR) is 69.0 cm³/mol. The molecule has 2 heterocycles. The van der Waals surface area contributed by atoms with E-state index in [0.717, 1.165) is 24.5 Å². The van der Waals surface area contributed by atoms with Crippen LogP contribution in [0.1, 0.15) is 18.4 Å². The zero-order valence-electron chi connectivity index (χ0n) is 9.47. The van der Waals surface area contributed by atoms with Crippen LogP contribution in [0, 0.1) is 0 Å². The molecule has 0 N–H and O–H groups in total. The molecule has 0 spiro atoms. The van der Waals surface area contributed by atoms with Crippen molar-refractivity contribution in [2.75, 3.05) is 23.7 Å². The van der Waals surface area contributed by atoms with E-state index in [1.54, 1.807) is 6.20 Å². The van der Waals surface area contributed by atoms with Gasteiger partial charge in [0.2, 0.25) is 9.05 Å². The number of rotatable bonds is 4. The highest BCUT2D eigenvalue weighted by molar-refractivity contribution is 8.13. The Hall–Kier alpha value is -0.810. The van der Waals surface area contributed by atoms with Crippen molar-refractivity contribution in [3.05, 3.63) is 23.9 Å². The topological polar surface area (TPSA) is 50.3 Å². The molecule has 1 aromatic rings. The van der Waals surface area contributed by atoms with Crippen molar-refractivity contribution in [2.24, 2.45) is 0 Å². The molecule has 17 heavy (non-hydrogen) atoms. The average Bonchev–Trinajstić information content (AvgIpc) is 2.79. The Bertz CT molecular complexity index is 467. The van der Waals surface area contributed by atoms with Crippen LogP contribution in [-0.4, -0.2) is 32.2 Å². The van der Waals surface area contributed by atoms with Gasteiger partial charge in [-0.1, -0.05) is 6.07 Å². The fourth-order valence-electron chi connectivity index (χ4n) is 1.94. The van der Waals surface area contributed by atoms with Gasteiger partial charge in [0.25, 0.3) is 0 Å². The van der Waals surface area contributed by atoms with E-state index in [1.807, 2.05) is 12.1 Å². The Labute approximate surface area is 106 Å². The molecule has 94 valence electrons. The van der Waals surface area contributed by atoms with Gasteiger partial charge in [0.15, 0.2) is 0 Å². The van der Waals surface area contributed by atoms with E-state index in [-0.39, 0.29) is 5.75 Å². The number of aromatic nitrogens is 1. The maximum Gasteiger partial charge on any atom is 0.232 e. The van der Waals surface area contributed by atoms with Crippen LogP contribution in [0.4, 0.5) is 5.82 Å². The van der Waals surface area contributed by atoms with Crippen molar-refractivity contribution < 1.29 is 8.42 Å². The highest BCUT2D eigenvalue weighted by Gasteiger charge is 2.13. The van der Waals surface area contributed by atoms with Gasteiger partial charge >= 0.3 is 0 Å². The number of hydrogen-bond acceptors (Lipinski definition) is 4. The fraction of sp³-hybridized carbons (Fsp3) is 0.545. The summed E-state index contributed by atoms with van der Waals surface area (Å²) >= 11 is 0.